The van der Waals surface area contributed by atoms with Crippen LogP contribution >= 0.6 is 0 Å². The Hall–Kier alpha value is -0.850. The van der Waals surface area contributed by atoms with Gasteiger partial charge in [-0.2, -0.15) is 0 Å². The van der Waals surface area contributed by atoms with E-state index in [-0.39, 0.29) is 10.8 Å². The molecule has 0 aromatic heterocycles. The predicted octanol–water partition coefficient (Wildman–Crippen LogP) is 2.56. The first-order valence-corrected chi connectivity index (χ1v) is 7.56. The van der Waals surface area contributed by atoms with Gasteiger partial charge in [-0.05, 0) is 30.6 Å². The fraction of sp³-hybridized carbons (Fsp3) is 0.824. The topological polar surface area (TPSA) is 46.5 Å². The summed E-state index contributed by atoms with van der Waals surface area (Å²) in [5.74, 6) is 3.57. The molecule has 1 N–H and O–H groups in total. The van der Waals surface area contributed by atoms with E-state index in [1.165, 1.54) is 6.42 Å². The van der Waals surface area contributed by atoms with Gasteiger partial charge in [0.05, 0.1) is 13.2 Å². The molecule has 3 heteroatoms. The van der Waals surface area contributed by atoms with Gasteiger partial charge in [0.15, 0.2) is 0 Å². The molecule has 1 aliphatic heterocycles. The molecular formula is C17H26O3. The highest BCUT2D eigenvalue weighted by Gasteiger charge is 2.67. The predicted molar refractivity (Wildman–Crippen MR) is 78.1 cm³/mol. The minimum atomic E-state index is -0.848. The number of carbonyl (C=O) groups excluding carboxylic acids is 1. The first-order valence-electron chi connectivity index (χ1n) is 7.56. The lowest BCUT2D eigenvalue weighted by Crippen LogP contribution is -2.45. The molecule has 0 aromatic rings. The van der Waals surface area contributed by atoms with E-state index in [2.05, 4.69) is 26.7 Å². The molecule has 0 aromatic carbocycles. The fourth-order valence-corrected chi connectivity index (χ4v) is 4.09. The molecule has 2 bridgehead atoms. The Kier molecular flexibility index (Phi) is 4.01. The standard InChI is InChI=1S/C12H18O.C5H8O2/c1-5-12(13)8-9-6-7-11(12,4)10(9,2)3;6-5-1-3-7-4-2-5/h1,9,13H,6-8H2,2-4H3;1-4H2/t9-,11-,12-;/m1./s1. The monoisotopic (exact) mass is 278 g/mol. The maximum Gasteiger partial charge on any atom is 0.137 e. The number of ether oxygens (including phenoxy) is 1. The summed E-state index contributed by atoms with van der Waals surface area (Å²) < 4.78 is 4.92. The third-order valence-corrected chi connectivity index (χ3v) is 6.18. The van der Waals surface area contributed by atoms with Crippen molar-refractivity contribution in [3.63, 3.8) is 0 Å². The number of rotatable bonds is 0. The number of ketones is 1. The number of terminal acetylenes is 1. The zero-order valence-electron chi connectivity index (χ0n) is 12.9. The van der Waals surface area contributed by atoms with Gasteiger partial charge in [-0.3, -0.25) is 4.79 Å². The number of fused-ring (bicyclic) bond motifs is 2. The molecule has 0 radical (unpaired) electrons. The van der Waals surface area contributed by atoms with Gasteiger partial charge < -0.3 is 9.84 Å². The van der Waals surface area contributed by atoms with Crippen LogP contribution in [0.5, 0.6) is 0 Å². The SMILES string of the molecule is C#C[C@@]1(O)C[C@H]2CC[C@]1(C)C2(C)C.O=C1CCOCC1. The minimum Gasteiger partial charge on any atom is -0.381 e. The summed E-state index contributed by atoms with van der Waals surface area (Å²) >= 11 is 0. The van der Waals surface area contributed by atoms with Gasteiger partial charge in [0.1, 0.15) is 11.4 Å². The van der Waals surface area contributed by atoms with Crippen molar-refractivity contribution in [2.45, 2.75) is 58.5 Å². The van der Waals surface area contributed by atoms with Crippen molar-refractivity contribution in [2.75, 3.05) is 13.2 Å². The third-order valence-electron chi connectivity index (χ3n) is 6.18. The highest BCUT2D eigenvalue weighted by atomic mass is 16.5. The van der Waals surface area contributed by atoms with Crippen LogP contribution in [0.1, 0.15) is 52.9 Å². The molecule has 3 nitrogen and oxygen atoms in total. The fourth-order valence-electron chi connectivity index (χ4n) is 4.09. The van der Waals surface area contributed by atoms with Crippen LogP contribution < -0.4 is 0 Å². The molecule has 0 amide bonds. The Morgan fingerprint density at radius 2 is 1.90 bits per heavy atom. The second-order valence-corrected chi connectivity index (χ2v) is 7.15. The summed E-state index contributed by atoms with van der Waals surface area (Å²) in [6, 6.07) is 0. The molecule has 2 saturated carbocycles. The molecule has 1 heterocycles. The number of Topliss-reactive ketones (excluding diaryl/α,β-unsaturated/α-hetero) is 1. The molecule has 112 valence electrons. The van der Waals surface area contributed by atoms with Gasteiger partial charge >= 0.3 is 0 Å². The van der Waals surface area contributed by atoms with Crippen molar-refractivity contribution in [2.24, 2.45) is 16.7 Å². The van der Waals surface area contributed by atoms with E-state index in [1.807, 2.05) is 0 Å². The zero-order valence-corrected chi connectivity index (χ0v) is 12.9. The van der Waals surface area contributed by atoms with E-state index in [1.54, 1.807) is 0 Å². The van der Waals surface area contributed by atoms with Crippen molar-refractivity contribution < 1.29 is 14.6 Å². The second kappa shape index (κ2) is 5.16. The average Bonchev–Trinajstić information content (AvgIpc) is 2.72. The lowest BCUT2D eigenvalue weighted by Gasteiger charge is -2.42. The third kappa shape index (κ3) is 2.19. The molecule has 20 heavy (non-hydrogen) atoms. The summed E-state index contributed by atoms with van der Waals surface area (Å²) in [6.45, 7) is 7.93. The lowest BCUT2D eigenvalue weighted by molar-refractivity contribution is -0.124. The molecule has 0 spiro atoms. The number of aliphatic hydroxyl groups is 1. The van der Waals surface area contributed by atoms with E-state index < -0.39 is 5.60 Å². The van der Waals surface area contributed by atoms with Crippen molar-refractivity contribution in [1.29, 1.82) is 0 Å². The average molecular weight is 278 g/mol. The summed E-state index contributed by atoms with van der Waals surface area (Å²) in [4.78, 5) is 10.4. The van der Waals surface area contributed by atoms with Gasteiger partial charge in [0.2, 0.25) is 0 Å². The van der Waals surface area contributed by atoms with Crippen molar-refractivity contribution in [1.82, 2.24) is 0 Å². The first kappa shape index (κ1) is 15.5. The molecular weight excluding hydrogens is 252 g/mol. The highest BCUT2D eigenvalue weighted by molar-refractivity contribution is 5.79. The number of hydrogen-bond donors (Lipinski definition) is 1. The van der Waals surface area contributed by atoms with Crippen LogP contribution in [0, 0.1) is 29.1 Å². The summed E-state index contributed by atoms with van der Waals surface area (Å²) in [5, 5.41) is 10.3. The van der Waals surface area contributed by atoms with Crippen molar-refractivity contribution in [3.8, 4) is 12.3 Å². The second-order valence-electron chi connectivity index (χ2n) is 7.15. The van der Waals surface area contributed by atoms with E-state index in [0.29, 0.717) is 37.8 Å². The molecule has 3 atom stereocenters. The van der Waals surface area contributed by atoms with E-state index in [9.17, 15) is 9.90 Å². The van der Waals surface area contributed by atoms with Crippen LogP contribution in [0.3, 0.4) is 0 Å². The zero-order chi connectivity index (χ0) is 15.0. The molecule has 0 unspecified atom stereocenters. The Balaban J connectivity index is 0.000000178. The Morgan fingerprint density at radius 1 is 1.30 bits per heavy atom. The lowest BCUT2D eigenvalue weighted by atomic mass is 9.65. The van der Waals surface area contributed by atoms with Crippen LogP contribution in [-0.4, -0.2) is 29.7 Å². The van der Waals surface area contributed by atoms with Crippen LogP contribution in [0.4, 0.5) is 0 Å². The summed E-state index contributed by atoms with van der Waals surface area (Å²) in [5.41, 5.74) is -0.715. The van der Waals surface area contributed by atoms with Gasteiger partial charge in [0, 0.05) is 18.3 Å². The van der Waals surface area contributed by atoms with Crippen molar-refractivity contribution >= 4 is 5.78 Å². The maximum atomic E-state index is 10.4. The Morgan fingerprint density at radius 3 is 2.15 bits per heavy atom. The Labute approximate surface area is 122 Å². The maximum absolute atomic E-state index is 10.4. The van der Waals surface area contributed by atoms with Crippen LogP contribution in [0.15, 0.2) is 0 Å². The van der Waals surface area contributed by atoms with Crippen LogP contribution in [0.25, 0.3) is 0 Å². The molecule has 3 fully saturated rings. The van der Waals surface area contributed by atoms with Crippen LogP contribution in [0.2, 0.25) is 0 Å². The van der Waals surface area contributed by atoms with Crippen molar-refractivity contribution in [3.05, 3.63) is 0 Å². The molecule has 1 saturated heterocycles. The molecule has 3 aliphatic rings. The minimum absolute atomic E-state index is 0.0700. The van der Waals surface area contributed by atoms with Gasteiger partial charge in [-0.1, -0.05) is 26.7 Å². The molecule has 2 aliphatic carbocycles. The largest absolute Gasteiger partial charge is 0.381 e. The number of hydrogen-bond acceptors (Lipinski definition) is 3. The molecule has 3 rings (SSSR count). The van der Waals surface area contributed by atoms with Crippen LogP contribution in [-0.2, 0) is 9.53 Å². The smallest absolute Gasteiger partial charge is 0.137 e. The quantitative estimate of drug-likeness (QED) is 0.693. The van der Waals surface area contributed by atoms with Gasteiger partial charge in [-0.25, -0.2) is 0 Å². The normalized spacial score (nSPS) is 41.8. The van der Waals surface area contributed by atoms with Gasteiger partial charge in [0.25, 0.3) is 0 Å². The van der Waals surface area contributed by atoms with Gasteiger partial charge in [-0.15, -0.1) is 6.42 Å². The van der Waals surface area contributed by atoms with E-state index >= 15 is 0 Å². The summed E-state index contributed by atoms with van der Waals surface area (Å²) in [6.07, 6.45) is 9.81. The summed E-state index contributed by atoms with van der Waals surface area (Å²) in [7, 11) is 0. The first-order chi connectivity index (χ1) is 9.27. The van der Waals surface area contributed by atoms with E-state index in [4.69, 9.17) is 11.2 Å². The van der Waals surface area contributed by atoms with E-state index in [0.717, 1.165) is 12.8 Å². The Bertz CT molecular complexity index is 426. The number of carbonyl (C=O) groups is 1. The highest BCUT2D eigenvalue weighted by Crippen LogP contribution is 2.69.